The van der Waals surface area contributed by atoms with Crippen molar-refractivity contribution in [2.45, 2.75) is 57.4 Å². The third-order valence-electron chi connectivity index (χ3n) is 6.38. The molecule has 2 atom stereocenters. The van der Waals surface area contributed by atoms with Gasteiger partial charge in [-0.25, -0.2) is 19.1 Å². The van der Waals surface area contributed by atoms with E-state index in [0.29, 0.717) is 13.2 Å². The Balaban J connectivity index is 1.64. The van der Waals surface area contributed by atoms with Gasteiger partial charge in [-0.05, 0) is 50.3 Å². The maximum Gasteiger partial charge on any atom is 0.354 e. The van der Waals surface area contributed by atoms with Crippen LogP contribution in [0.2, 0.25) is 0 Å². The smallest absolute Gasteiger partial charge is 0.354 e. The summed E-state index contributed by atoms with van der Waals surface area (Å²) >= 11 is 0. The van der Waals surface area contributed by atoms with E-state index >= 15 is 0 Å². The molecule has 2 unspecified atom stereocenters. The molecule has 0 spiro atoms. The van der Waals surface area contributed by atoms with E-state index in [2.05, 4.69) is 33.8 Å². The number of aliphatic imine (C=N–C) groups is 1. The minimum atomic E-state index is -3.66. The zero-order chi connectivity index (χ0) is 23.1. The summed E-state index contributed by atoms with van der Waals surface area (Å²) in [5.41, 5.74) is 10.5. The molecule has 0 fully saturated rings. The molecule has 2 amide bonds. The quantitative estimate of drug-likeness (QED) is 0.532. The number of amides is 2. The topological polar surface area (TPSA) is 157 Å². The highest BCUT2D eigenvalue weighted by Crippen LogP contribution is 2.44. The van der Waals surface area contributed by atoms with Crippen LogP contribution in [0, 0.1) is 0 Å². The van der Waals surface area contributed by atoms with Gasteiger partial charge in [-0.15, -0.1) is 4.36 Å². The lowest BCUT2D eigenvalue weighted by Crippen LogP contribution is -2.39. The number of hydrogen-bond donors (Lipinski definition) is 4. The molecule has 6 N–H and O–H groups in total. The average molecular weight is 462 g/mol. The number of hydrogen-bond acceptors (Lipinski definition) is 7. The van der Waals surface area contributed by atoms with Crippen LogP contribution in [-0.4, -0.2) is 47.4 Å². The van der Waals surface area contributed by atoms with E-state index < -0.39 is 15.9 Å². The van der Waals surface area contributed by atoms with Gasteiger partial charge in [0.2, 0.25) is 5.90 Å². The fourth-order valence-corrected chi connectivity index (χ4v) is 5.48. The number of anilines is 1. The number of nitrogens with zero attached hydrogens (tertiary/aromatic N) is 3. The zero-order valence-corrected chi connectivity index (χ0v) is 19.6. The molecule has 4 rings (SSSR count). The van der Waals surface area contributed by atoms with Gasteiger partial charge in [-0.2, -0.15) is 0 Å². The molecule has 0 radical (unpaired) electrons. The van der Waals surface area contributed by atoms with Gasteiger partial charge in [-0.3, -0.25) is 4.98 Å². The van der Waals surface area contributed by atoms with Crippen molar-refractivity contribution in [3.8, 4) is 0 Å². The summed E-state index contributed by atoms with van der Waals surface area (Å²) in [5, 5.41) is 11.9. The van der Waals surface area contributed by atoms with Crippen molar-refractivity contribution in [3.63, 3.8) is 0 Å². The third-order valence-corrected chi connectivity index (χ3v) is 7.76. The highest BCUT2D eigenvalue weighted by atomic mass is 32.2. The minimum Gasteiger partial charge on any atom is -0.475 e. The number of pyridine rings is 1. The molecule has 3 aliphatic rings. The predicted molar refractivity (Wildman–Crippen MR) is 125 cm³/mol. The summed E-state index contributed by atoms with van der Waals surface area (Å²) in [4.78, 5) is 21.9. The van der Waals surface area contributed by atoms with Gasteiger partial charge < -0.3 is 21.1 Å². The van der Waals surface area contributed by atoms with Crippen molar-refractivity contribution in [1.29, 1.82) is 0 Å². The number of carbonyl (C=O) groups is 1. The lowest BCUT2D eigenvalue weighted by molar-refractivity contribution is 0.244. The normalized spacial score (nSPS) is 23.4. The summed E-state index contributed by atoms with van der Waals surface area (Å²) in [6.45, 7) is 5.06. The monoisotopic (exact) mass is 461 g/mol. The molecule has 10 nitrogen and oxygen atoms in total. The molecule has 32 heavy (non-hydrogen) atoms. The van der Waals surface area contributed by atoms with Gasteiger partial charge >= 0.3 is 6.03 Å². The highest BCUT2D eigenvalue weighted by Gasteiger charge is 2.36. The van der Waals surface area contributed by atoms with Gasteiger partial charge in [0.1, 0.15) is 11.5 Å². The minimum absolute atomic E-state index is 0.0342. The lowest BCUT2D eigenvalue weighted by Gasteiger charge is -2.23. The molecule has 0 saturated carbocycles. The van der Waals surface area contributed by atoms with Gasteiger partial charge in [0.25, 0.3) is 0 Å². The fourth-order valence-electron chi connectivity index (χ4n) is 4.52. The van der Waals surface area contributed by atoms with Crippen molar-refractivity contribution in [3.05, 3.63) is 33.6 Å². The van der Waals surface area contributed by atoms with Crippen LogP contribution in [0.5, 0.6) is 0 Å². The Hall–Kier alpha value is -2.50. The number of likely N-dealkylation sites (N-methyl/N-ethyl adjacent to an activating group) is 1. The van der Waals surface area contributed by atoms with E-state index in [4.69, 9.17) is 20.6 Å². The number of urea groups is 1. The van der Waals surface area contributed by atoms with E-state index in [1.807, 2.05) is 0 Å². The number of rotatable bonds is 4. The first-order chi connectivity index (χ1) is 15.2. The second-order valence-electron chi connectivity index (χ2n) is 9.04. The second-order valence-corrected chi connectivity index (χ2v) is 10.8. The number of carbonyl (C=O) groups excluding carboxylic acids is 1. The molecule has 1 aromatic rings. The average Bonchev–Trinajstić information content (AvgIpc) is 3.33. The van der Waals surface area contributed by atoms with Gasteiger partial charge in [-0.1, -0.05) is 13.8 Å². The Bertz CT molecular complexity index is 1130. The molecule has 1 aliphatic heterocycles. The first-order valence-corrected chi connectivity index (χ1v) is 12.4. The van der Waals surface area contributed by atoms with Crippen LogP contribution in [0.15, 0.2) is 20.5 Å². The molecule has 11 heteroatoms. The Labute approximate surface area is 188 Å². The van der Waals surface area contributed by atoms with Gasteiger partial charge in [0, 0.05) is 17.3 Å². The third kappa shape index (κ3) is 4.12. The van der Waals surface area contributed by atoms with Gasteiger partial charge in [0.15, 0.2) is 9.92 Å². The van der Waals surface area contributed by atoms with E-state index in [9.17, 15) is 9.00 Å². The zero-order valence-electron chi connectivity index (χ0n) is 18.7. The summed E-state index contributed by atoms with van der Waals surface area (Å²) in [5.74, 6) is 0.0514. The SMILES string of the molecule is CNC1CN=C(/C(=C\N)S(N)(=O)=NC(=O)Nc2c3c(nc4c2CCC4(C)C)CCC3)OC1. The van der Waals surface area contributed by atoms with E-state index in [1.54, 1.807) is 7.05 Å². The van der Waals surface area contributed by atoms with E-state index in [0.717, 1.165) is 66.5 Å². The first-order valence-electron chi connectivity index (χ1n) is 10.8. The number of ether oxygens (including phenoxy) is 1. The van der Waals surface area contributed by atoms with Crippen LogP contribution in [0.3, 0.4) is 0 Å². The van der Waals surface area contributed by atoms with Crippen LogP contribution >= 0.6 is 0 Å². The maximum absolute atomic E-state index is 13.2. The standard InChI is InChI=1S/C21H31N7O3S/c1-21(2)8-7-14-17(13-5-4-6-15(13)26-18(14)21)27-20(29)28-32(23,30)16(9-22)19-25-10-12(24-3)11-31-19/h9,12,24H,4-8,10-11,22H2,1-3H3,(H3,23,26,27,28,29,30)/b16-9+. The summed E-state index contributed by atoms with van der Waals surface area (Å²) in [7, 11) is -1.86. The van der Waals surface area contributed by atoms with Crippen molar-refractivity contribution in [2.75, 3.05) is 25.5 Å². The van der Waals surface area contributed by atoms with Crippen LogP contribution in [-0.2, 0) is 39.3 Å². The van der Waals surface area contributed by atoms with Crippen LogP contribution < -0.4 is 21.5 Å². The maximum atomic E-state index is 13.2. The van der Waals surface area contributed by atoms with Crippen molar-refractivity contribution >= 4 is 27.5 Å². The van der Waals surface area contributed by atoms with Crippen LogP contribution in [0.25, 0.3) is 0 Å². The summed E-state index contributed by atoms with van der Waals surface area (Å²) in [6, 6.07) is -0.750. The summed E-state index contributed by atoms with van der Waals surface area (Å²) in [6.07, 6.45) is 5.54. The highest BCUT2D eigenvalue weighted by molar-refractivity contribution is 7.96. The van der Waals surface area contributed by atoms with E-state index in [1.165, 1.54) is 0 Å². The van der Waals surface area contributed by atoms with Crippen molar-refractivity contribution < 1.29 is 13.7 Å². The molecule has 0 aromatic carbocycles. The van der Waals surface area contributed by atoms with Crippen molar-refractivity contribution in [1.82, 2.24) is 10.3 Å². The first kappa shape index (κ1) is 22.7. The lowest BCUT2D eigenvalue weighted by atomic mass is 9.90. The number of aromatic nitrogens is 1. The summed E-state index contributed by atoms with van der Waals surface area (Å²) < 4.78 is 22.5. The Morgan fingerprint density at radius 1 is 1.31 bits per heavy atom. The molecule has 2 heterocycles. The fraction of sp³-hybridized carbons (Fsp3) is 0.571. The van der Waals surface area contributed by atoms with Gasteiger partial charge in [0.05, 0.1) is 24.0 Å². The molecule has 174 valence electrons. The van der Waals surface area contributed by atoms with Crippen LogP contribution in [0.1, 0.15) is 49.2 Å². The van der Waals surface area contributed by atoms with E-state index in [-0.39, 0.29) is 22.3 Å². The predicted octanol–water partition coefficient (Wildman–Crippen LogP) is 1.48. The molecule has 1 aromatic heterocycles. The Morgan fingerprint density at radius 2 is 2.09 bits per heavy atom. The number of nitrogens with one attached hydrogen (secondary N) is 2. The molecule has 2 aliphatic carbocycles. The molecular weight excluding hydrogens is 430 g/mol. The van der Waals surface area contributed by atoms with Crippen molar-refractivity contribution in [2.24, 2.45) is 20.2 Å². The molecule has 0 bridgehead atoms. The Morgan fingerprint density at radius 3 is 2.75 bits per heavy atom. The number of aryl methyl sites for hydroxylation is 1. The largest absolute Gasteiger partial charge is 0.475 e. The molecular formula is C21H31N7O3S. The van der Waals surface area contributed by atoms with Crippen LogP contribution in [0.4, 0.5) is 10.5 Å². The number of fused-ring (bicyclic) bond motifs is 2. The number of nitrogens with two attached hydrogens (primary N) is 2. The second kappa shape index (κ2) is 8.45. The molecule has 0 saturated heterocycles. The Kier molecular flexibility index (Phi) is 5.99.